The normalized spacial score (nSPS) is 20.3. The van der Waals surface area contributed by atoms with Crippen LogP contribution in [0.3, 0.4) is 0 Å². The molecule has 176 valence electrons. The first-order valence-electron chi connectivity index (χ1n) is 11.7. The lowest BCUT2D eigenvalue weighted by Gasteiger charge is -2.19. The number of aromatic nitrogens is 1. The SMILES string of the molecule is CC(C)c1ccc(NC(=O)CSc2nc3ccc(N4C(=O)[C@H]5CCCC[C@@H]5C4=O)cc3s2)cc1. The van der Waals surface area contributed by atoms with Gasteiger partial charge in [-0.2, -0.15) is 0 Å². The number of thiazole rings is 1. The number of fused-ring (bicyclic) bond motifs is 2. The standard InChI is InChI=1S/C26H27N3O3S2/c1-15(2)16-7-9-17(10-8-16)27-23(30)14-33-26-28-21-12-11-18(13-22(21)34-26)29-24(31)19-5-3-4-6-20(19)25(29)32/h7-13,15,19-20H,3-6,14H2,1-2H3,(H,27,30)/t19-,20-/m0/s1. The Kier molecular flexibility index (Phi) is 6.44. The van der Waals surface area contributed by atoms with Crippen LogP contribution in [0.5, 0.6) is 0 Å². The summed E-state index contributed by atoms with van der Waals surface area (Å²) in [4.78, 5) is 44.2. The number of imide groups is 1. The summed E-state index contributed by atoms with van der Waals surface area (Å²) in [5.74, 6) is 0.168. The number of nitrogens with one attached hydrogen (secondary N) is 1. The second kappa shape index (κ2) is 9.50. The largest absolute Gasteiger partial charge is 0.325 e. The van der Waals surface area contributed by atoms with Gasteiger partial charge < -0.3 is 5.32 Å². The number of nitrogens with zero attached hydrogens (tertiary/aromatic N) is 2. The van der Waals surface area contributed by atoms with Crippen molar-refractivity contribution in [2.45, 2.75) is 49.8 Å². The Balaban J connectivity index is 1.25. The highest BCUT2D eigenvalue weighted by Gasteiger charge is 2.48. The monoisotopic (exact) mass is 493 g/mol. The Hall–Kier alpha value is -2.71. The third kappa shape index (κ3) is 4.49. The molecule has 1 aromatic heterocycles. The Morgan fingerprint density at radius 2 is 1.76 bits per heavy atom. The van der Waals surface area contributed by atoms with Gasteiger partial charge in [0.15, 0.2) is 4.34 Å². The van der Waals surface area contributed by atoms with Gasteiger partial charge >= 0.3 is 0 Å². The molecule has 2 fully saturated rings. The first kappa shape index (κ1) is 23.1. The van der Waals surface area contributed by atoms with Crippen LogP contribution in [0.25, 0.3) is 10.2 Å². The minimum absolute atomic E-state index is 0.0636. The average Bonchev–Trinajstić information content (AvgIpc) is 3.36. The predicted octanol–water partition coefficient (Wildman–Crippen LogP) is 5.83. The van der Waals surface area contributed by atoms with Crippen molar-refractivity contribution in [3.63, 3.8) is 0 Å². The van der Waals surface area contributed by atoms with Crippen molar-refractivity contribution in [1.82, 2.24) is 4.98 Å². The molecule has 2 aromatic carbocycles. The molecule has 6 nitrogen and oxygen atoms in total. The zero-order valence-electron chi connectivity index (χ0n) is 19.2. The summed E-state index contributed by atoms with van der Waals surface area (Å²) in [7, 11) is 0. The average molecular weight is 494 g/mol. The van der Waals surface area contributed by atoms with E-state index < -0.39 is 0 Å². The van der Waals surface area contributed by atoms with Crippen LogP contribution in [0.4, 0.5) is 11.4 Å². The number of carbonyl (C=O) groups is 3. The fourth-order valence-corrected chi connectivity index (χ4v) is 6.69. The highest BCUT2D eigenvalue weighted by atomic mass is 32.2. The highest BCUT2D eigenvalue weighted by Crippen LogP contribution is 2.41. The molecule has 2 aliphatic rings. The van der Waals surface area contributed by atoms with Gasteiger partial charge in [-0.3, -0.25) is 19.3 Å². The number of carbonyl (C=O) groups excluding carboxylic acids is 3. The molecule has 0 radical (unpaired) electrons. The molecule has 1 aliphatic heterocycles. The van der Waals surface area contributed by atoms with E-state index in [-0.39, 0.29) is 35.3 Å². The summed E-state index contributed by atoms with van der Waals surface area (Å²) in [6.45, 7) is 4.27. The number of hydrogen-bond acceptors (Lipinski definition) is 6. The second-order valence-corrected chi connectivity index (χ2v) is 11.5. The molecule has 1 saturated carbocycles. The maximum absolute atomic E-state index is 12.9. The molecule has 34 heavy (non-hydrogen) atoms. The van der Waals surface area contributed by atoms with Crippen LogP contribution in [0.2, 0.25) is 0 Å². The molecule has 1 aliphatic carbocycles. The van der Waals surface area contributed by atoms with Gasteiger partial charge in [0, 0.05) is 5.69 Å². The fraction of sp³-hybridized carbons (Fsp3) is 0.385. The van der Waals surface area contributed by atoms with Crippen LogP contribution in [-0.4, -0.2) is 28.5 Å². The Bertz CT molecular complexity index is 1230. The van der Waals surface area contributed by atoms with E-state index in [2.05, 4.69) is 24.1 Å². The summed E-state index contributed by atoms with van der Waals surface area (Å²) >= 11 is 2.86. The molecule has 1 saturated heterocycles. The van der Waals surface area contributed by atoms with Crippen molar-refractivity contribution in [2.24, 2.45) is 11.8 Å². The van der Waals surface area contributed by atoms with Crippen molar-refractivity contribution in [3.05, 3.63) is 48.0 Å². The van der Waals surface area contributed by atoms with E-state index in [1.807, 2.05) is 36.4 Å². The number of thioether (sulfide) groups is 1. The summed E-state index contributed by atoms with van der Waals surface area (Å²) < 4.78 is 1.69. The van der Waals surface area contributed by atoms with Crippen LogP contribution in [0.1, 0.15) is 51.0 Å². The zero-order valence-corrected chi connectivity index (χ0v) is 20.9. The first-order chi connectivity index (χ1) is 16.4. The van der Waals surface area contributed by atoms with E-state index in [4.69, 9.17) is 0 Å². The molecular weight excluding hydrogens is 466 g/mol. The topological polar surface area (TPSA) is 79.4 Å². The maximum Gasteiger partial charge on any atom is 0.237 e. The van der Waals surface area contributed by atoms with E-state index in [0.29, 0.717) is 11.6 Å². The molecular formula is C26H27N3O3S2. The molecule has 3 aromatic rings. The van der Waals surface area contributed by atoms with Gasteiger partial charge in [-0.1, -0.05) is 50.6 Å². The van der Waals surface area contributed by atoms with Crippen LogP contribution in [0, 0.1) is 11.8 Å². The van der Waals surface area contributed by atoms with Gasteiger partial charge in [-0.05, 0) is 54.7 Å². The Morgan fingerprint density at radius 1 is 1.09 bits per heavy atom. The molecule has 1 N–H and O–H groups in total. The van der Waals surface area contributed by atoms with Crippen LogP contribution in [0.15, 0.2) is 46.8 Å². The van der Waals surface area contributed by atoms with Crippen molar-refractivity contribution in [3.8, 4) is 0 Å². The van der Waals surface area contributed by atoms with E-state index in [0.717, 1.165) is 45.9 Å². The van der Waals surface area contributed by atoms with Gasteiger partial charge in [-0.15, -0.1) is 11.3 Å². The third-order valence-corrected chi connectivity index (χ3v) is 8.80. The van der Waals surface area contributed by atoms with E-state index in [1.54, 1.807) is 6.07 Å². The zero-order chi connectivity index (χ0) is 23.8. The maximum atomic E-state index is 12.9. The van der Waals surface area contributed by atoms with Crippen LogP contribution < -0.4 is 10.2 Å². The van der Waals surface area contributed by atoms with Gasteiger partial charge in [0.1, 0.15) is 0 Å². The molecule has 0 bridgehead atoms. The summed E-state index contributed by atoms with van der Waals surface area (Å²) in [6, 6.07) is 13.4. The first-order valence-corrected chi connectivity index (χ1v) is 13.5. The van der Waals surface area contributed by atoms with E-state index in [9.17, 15) is 14.4 Å². The molecule has 0 unspecified atom stereocenters. The Labute approximate surface area is 207 Å². The summed E-state index contributed by atoms with van der Waals surface area (Å²) in [6.07, 6.45) is 3.64. The second-order valence-electron chi connectivity index (χ2n) is 9.25. The van der Waals surface area contributed by atoms with Crippen molar-refractivity contribution in [2.75, 3.05) is 16.0 Å². The summed E-state index contributed by atoms with van der Waals surface area (Å²) in [5, 5.41) is 2.93. The lowest BCUT2D eigenvalue weighted by Crippen LogP contribution is -2.30. The molecule has 2 atom stereocenters. The number of benzene rings is 2. The van der Waals surface area contributed by atoms with Crippen molar-refractivity contribution in [1.29, 1.82) is 0 Å². The van der Waals surface area contributed by atoms with Crippen LogP contribution >= 0.6 is 23.1 Å². The number of hydrogen-bond donors (Lipinski definition) is 1. The lowest BCUT2D eigenvalue weighted by molar-refractivity contribution is -0.122. The smallest absolute Gasteiger partial charge is 0.237 e. The minimum Gasteiger partial charge on any atom is -0.325 e. The summed E-state index contributed by atoms with van der Waals surface area (Å²) in [5.41, 5.74) is 3.44. The van der Waals surface area contributed by atoms with Gasteiger partial charge in [0.2, 0.25) is 17.7 Å². The molecule has 8 heteroatoms. The van der Waals surface area contributed by atoms with E-state index in [1.165, 1.54) is 33.6 Å². The minimum atomic E-state index is -0.162. The number of amides is 3. The Morgan fingerprint density at radius 3 is 2.41 bits per heavy atom. The number of rotatable bonds is 6. The predicted molar refractivity (Wildman–Crippen MR) is 137 cm³/mol. The molecule has 2 heterocycles. The van der Waals surface area contributed by atoms with Crippen molar-refractivity contribution >= 4 is 62.4 Å². The number of anilines is 2. The molecule has 3 amide bonds. The lowest BCUT2D eigenvalue weighted by atomic mass is 9.81. The van der Waals surface area contributed by atoms with E-state index >= 15 is 0 Å². The van der Waals surface area contributed by atoms with Gasteiger partial charge in [-0.25, -0.2) is 4.98 Å². The van der Waals surface area contributed by atoms with Crippen molar-refractivity contribution < 1.29 is 14.4 Å². The third-order valence-electron chi connectivity index (χ3n) is 6.64. The fourth-order valence-electron chi connectivity index (χ4n) is 4.79. The molecule has 5 rings (SSSR count). The highest BCUT2D eigenvalue weighted by molar-refractivity contribution is 8.01. The van der Waals surface area contributed by atoms with Gasteiger partial charge in [0.25, 0.3) is 0 Å². The van der Waals surface area contributed by atoms with Gasteiger partial charge in [0.05, 0.1) is 33.5 Å². The van der Waals surface area contributed by atoms with Crippen LogP contribution in [-0.2, 0) is 14.4 Å². The quantitative estimate of drug-likeness (QED) is 0.345. The molecule has 0 spiro atoms.